The molecular weight excluding hydrogens is 1290 g/mol. The summed E-state index contributed by atoms with van der Waals surface area (Å²) in [6.45, 7) is 0. The van der Waals surface area contributed by atoms with E-state index in [1.165, 1.54) is 21.2 Å². The van der Waals surface area contributed by atoms with Gasteiger partial charge in [0.1, 0.15) is 0 Å². The number of fused-ring (bicyclic) bond motifs is 19. The molecule has 0 saturated carbocycles. The maximum absolute atomic E-state index is 11.1. The van der Waals surface area contributed by atoms with Crippen LogP contribution in [0.25, 0.3) is 171 Å². The van der Waals surface area contributed by atoms with Crippen molar-refractivity contribution in [1.82, 2.24) is 22.8 Å². The number of hydrogen-bond donors (Lipinski definition) is 0. The topological polar surface area (TPSA) is 120 Å². The van der Waals surface area contributed by atoms with Gasteiger partial charge in [0.2, 0.25) is 0 Å². The van der Waals surface area contributed by atoms with E-state index in [0.717, 1.165) is 138 Å². The lowest BCUT2D eigenvalue weighted by Gasteiger charge is -2.15. The Morgan fingerprint density at radius 3 is 1.17 bits per heavy atom. The molecule has 14 aromatic carbocycles. The van der Waals surface area contributed by atoms with Crippen molar-refractivity contribution < 1.29 is 0 Å². The zero-order chi connectivity index (χ0) is 69.0. The van der Waals surface area contributed by atoms with Crippen LogP contribution in [0.1, 0.15) is 33.7 Å². The summed E-state index contributed by atoms with van der Waals surface area (Å²) in [6.07, 6.45) is 8.93. The lowest BCUT2D eigenvalue weighted by Crippen LogP contribution is -2.06. The van der Waals surface area contributed by atoms with Crippen molar-refractivity contribution >= 4 is 121 Å². The summed E-state index contributed by atoms with van der Waals surface area (Å²) in [4.78, 5) is 1.28. The lowest BCUT2D eigenvalue weighted by molar-refractivity contribution is 0.883. The number of para-hydroxylation sites is 6. The van der Waals surface area contributed by atoms with Crippen molar-refractivity contribution in [3.05, 3.63) is 337 Å². The van der Waals surface area contributed by atoms with Gasteiger partial charge in [0, 0.05) is 121 Å². The Hall–Kier alpha value is -14.1. The first-order valence-electron chi connectivity index (χ1n) is 34.8. The second-order valence-corrected chi connectivity index (χ2v) is 28.3. The van der Waals surface area contributed by atoms with E-state index >= 15 is 0 Å². The molecule has 1 aliphatic carbocycles. The van der Waals surface area contributed by atoms with Crippen molar-refractivity contribution in [3.63, 3.8) is 0 Å². The van der Waals surface area contributed by atoms with E-state index in [4.69, 9.17) is 0 Å². The highest BCUT2D eigenvalue weighted by molar-refractivity contribution is 8.00. The van der Waals surface area contributed by atoms with Crippen LogP contribution in [0.15, 0.2) is 314 Å². The Morgan fingerprint density at radius 2 is 0.654 bits per heavy atom. The lowest BCUT2D eigenvalue weighted by atomic mass is 9.91. The molecule has 480 valence electrons. The fourth-order valence-electron chi connectivity index (χ4n) is 17.3. The van der Waals surface area contributed by atoms with Crippen LogP contribution in [0.4, 0.5) is 0 Å². The Morgan fingerprint density at radius 1 is 0.269 bits per heavy atom. The minimum atomic E-state index is 0.343. The van der Waals surface area contributed by atoms with E-state index in [1.807, 2.05) is 72.4 Å². The third-order valence-electron chi connectivity index (χ3n) is 21.8. The number of hydrogen-bond acceptors (Lipinski definition) is 5. The highest BCUT2D eigenvalue weighted by Gasteiger charge is 2.33. The predicted octanol–water partition coefficient (Wildman–Crippen LogP) is 23.3. The molecule has 0 N–H and O–H groups in total. The van der Waals surface area contributed by atoms with Gasteiger partial charge in [-0.3, -0.25) is 0 Å². The van der Waals surface area contributed by atoms with E-state index in [9.17, 15) is 21.0 Å². The van der Waals surface area contributed by atoms with Gasteiger partial charge in [-0.25, -0.2) is 0 Å². The number of benzene rings is 14. The van der Waals surface area contributed by atoms with Crippen molar-refractivity contribution in [2.75, 3.05) is 0 Å². The van der Waals surface area contributed by atoms with Gasteiger partial charge in [-0.1, -0.05) is 182 Å². The minimum absolute atomic E-state index is 0.343. The monoisotopic (exact) mass is 1340 g/mol. The number of rotatable bonds is 8. The summed E-state index contributed by atoms with van der Waals surface area (Å²) >= 11 is 1.91. The quantitative estimate of drug-likeness (QED) is 0.150. The fraction of sp³-hybridized carbons (Fsp3) is 0.0213. The van der Waals surface area contributed by atoms with Gasteiger partial charge in [-0.15, -0.1) is 11.8 Å². The van der Waals surface area contributed by atoms with Crippen LogP contribution in [0.5, 0.6) is 0 Å². The molecule has 2 aliphatic rings. The van der Waals surface area contributed by atoms with Gasteiger partial charge in [0.15, 0.2) is 0 Å². The van der Waals surface area contributed by atoms with E-state index in [-0.39, 0.29) is 0 Å². The first-order chi connectivity index (χ1) is 51.4. The maximum atomic E-state index is 11.1. The van der Waals surface area contributed by atoms with Crippen LogP contribution in [0.2, 0.25) is 0 Å². The molecule has 9 nitrogen and oxygen atoms in total. The molecule has 104 heavy (non-hydrogen) atoms. The molecule has 0 radical (unpaired) electrons. The second kappa shape index (κ2) is 22.7. The number of aromatic nitrogens is 5. The first-order valence-corrected chi connectivity index (χ1v) is 35.6. The number of nitriles is 4. The van der Waals surface area contributed by atoms with Gasteiger partial charge < -0.3 is 22.8 Å². The van der Waals surface area contributed by atoms with Crippen LogP contribution in [-0.2, 0) is 0 Å². The Balaban J connectivity index is 0.641. The molecule has 0 spiro atoms. The average Bonchev–Trinajstić information content (AvgIpc) is 1.54. The average molecular weight is 1340 g/mol. The smallest absolute Gasteiger partial charge is 0.0998 e. The number of nitrogens with zero attached hydrogens (tertiary/aromatic N) is 9. The minimum Gasteiger partial charge on any atom is -0.309 e. The van der Waals surface area contributed by atoms with E-state index in [1.54, 1.807) is 0 Å². The zero-order valence-electron chi connectivity index (χ0n) is 55.5. The SMILES string of the molecule is N#Cc1cc(-n2c3ccccc3c3cc(-c4cccc(-n5c6ccccc6c6c5ccc5c7ccccc7n(-c7ccc(-c8ccc(-n9c%10ccccc%10c%10ccccc%109)cc8C#N)c(C#N)c7)c56)c4)ccc32)ccc1-c1ccc(-n2c3ccccc3c3cc4c(cc32)SC2C=CC=CC42)cc1C#N. The van der Waals surface area contributed by atoms with Gasteiger partial charge in [0.05, 0.1) is 102 Å². The molecular formula is C94H53N9S. The Bertz CT molecular complexity index is 7240. The molecule has 0 amide bonds. The molecule has 21 rings (SSSR count). The molecule has 2 unspecified atom stereocenters. The summed E-state index contributed by atoms with van der Waals surface area (Å²) in [5, 5.41) is 55.6. The summed E-state index contributed by atoms with van der Waals surface area (Å²) in [5.41, 5.74) is 23.1. The summed E-state index contributed by atoms with van der Waals surface area (Å²) < 4.78 is 11.4. The van der Waals surface area contributed by atoms with Crippen LogP contribution < -0.4 is 0 Å². The van der Waals surface area contributed by atoms with Gasteiger partial charge in [-0.05, 0) is 144 Å². The van der Waals surface area contributed by atoms with Crippen molar-refractivity contribution in [1.29, 1.82) is 21.0 Å². The highest BCUT2D eigenvalue weighted by atomic mass is 32.2. The standard InChI is InChI=1S/C94H53N9S/c95-52-58-45-63(99-82-25-8-1-18-71(82)72-19-2-9-26-83(72)99)33-37-68(58)70-40-36-66(48-61(70)55-98)103-86-29-12-3-20-73(86)77-41-43-89-93(94(77)103)78-24-6-13-30-87(78)101(89)62-17-15-16-56(44-62)57-32-42-88-79(49-57)74-21-4-10-27-84(74)100(88)64-34-38-67(59(46-64)53-96)69-39-35-65(47-60(69)54-97)102-85-28-11-5-22-75(85)80-50-81-76-23-7-14-31-91(76)104-92(81)51-90(80)102/h1-51,76,91H. The van der Waals surface area contributed by atoms with Crippen LogP contribution in [-0.4, -0.2) is 28.1 Å². The third-order valence-corrected chi connectivity index (χ3v) is 23.1. The van der Waals surface area contributed by atoms with Crippen molar-refractivity contribution in [2.24, 2.45) is 0 Å². The maximum Gasteiger partial charge on any atom is 0.0998 e. The predicted molar refractivity (Wildman–Crippen MR) is 424 cm³/mol. The molecule has 1 aliphatic heterocycles. The second-order valence-electron chi connectivity index (χ2n) is 27.1. The Kier molecular flexibility index (Phi) is 12.8. The largest absolute Gasteiger partial charge is 0.309 e. The molecule has 0 fully saturated rings. The fourth-order valence-corrected chi connectivity index (χ4v) is 18.6. The third kappa shape index (κ3) is 8.53. The molecule has 0 saturated heterocycles. The normalized spacial score (nSPS) is 14.0. The van der Waals surface area contributed by atoms with Gasteiger partial charge >= 0.3 is 0 Å². The molecule has 5 aromatic heterocycles. The molecule has 19 aromatic rings. The Labute approximate surface area is 600 Å². The number of allylic oxidation sites excluding steroid dienone is 3. The van der Waals surface area contributed by atoms with Gasteiger partial charge in [-0.2, -0.15) is 21.0 Å². The van der Waals surface area contributed by atoms with Crippen LogP contribution in [0, 0.1) is 45.3 Å². The van der Waals surface area contributed by atoms with Crippen molar-refractivity contribution in [2.45, 2.75) is 16.1 Å². The van der Waals surface area contributed by atoms with E-state index in [2.05, 4.69) is 296 Å². The van der Waals surface area contributed by atoms with Crippen LogP contribution >= 0.6 is 11.8 Å². The first kappa shape index (κ1) is 58.8. The van der Waals surface area contributed by atoms with E-state index < -0.39 is 0 Å². The van der Waals surface area contributed by atoms with E-state index in [0.29, 0.717) is 55.7 Å². The van der Waals surface area contributed by atoms with Gasteiger partial charge in [0.25, 0.3) is 0 Å². The van der Waals surface area contributed by atoms with Crippen LogP contribution in [0.3, 0.4) is 0 Å². The summed E-state index contributed by atoms with van der Waals surface area (Å²) in [5.74, 6) is 0.343. The summed E-state index contributed by atoms with van der Waals surface area (Å²) in [6, 6.07) is 110. The zero-order valence-corrected chi connectivity index (χ0v) is 56.3. The number of thioether (sulfide) groups is 1. The molecule has 2 atom stereocenters. The molecule has 6 heterocycles. The molecule has 10 heteroatoms. The molecule has 0 bridgehead atoms. The highest BCUT2D eigenvalue weighted by Crippen LogP contribution is 2.52. The summed E-state index contributed by atoms with van der Waals surface area (Å²) in [7, 11) is 0. The van der Waals surface area contributed by atoms with Crippen molar-refractivity contribution in [3.8, 4) is 86.1 Å².